The molecular weight excluding hydrogens is 368 g/mol. The molecule has 0 amide bonds. The van der Waals surface area contributed by atoms with E-state index in [1.807, 2.05) is 18.3 Å². The van der Waals surface area contributed by atoms with Gasteiger partial charge in [-0.3, -0.25) is 4.99 Å². The van der Waals surface area contributed by atoms with E-state index >= 15 is 0 Å². The molecule has 0 saturated carbocycles. The van der Waals surface area contributed by atoms with Crippen molar-refractivity contribution in [1.29, 1.82) is 0 Å². The molecular formula is C27H24N2O. The lowest BCUT2D eigenvalue weighted by Crippen LogP contribution is -2.22. The molecule has 148 valence electrons. The lowest BCUT2D eigenvalue weighted by atomic mass is 10.1. The van der Waals surface area contributed by atoms with Crippen molar-refractivity contribution >= 4 is 28.4 Å². The fraction of sp³-hybridized carbons (Fsp3) is 0.148. The summed E-state index contributed by atoms with van der Waals surface area (Å²) in [7, 11) is 1.70. The predicted octanol–water partition coefficient (Wildman–Crippen LogP) is 6.31. The number of hydrogen-bond acceptors (Lipinski definition) is 3. The molecule has 0 spiro atoms. The van der Waals surface area contributed by atoms with Crippen LogP contribution in [0.15, 0.2) is 89.9 Å². The first kappa shape index (κ1) is 18.4. The van der Waals surface area contributed by atoms with E-state index in [0.29, 0.717) is 0 Å². The number of nitrogens with zero attached hydrogens (tertiary/aromatic N) is 2. The Hall–Kier alpha value is -3.59. The van der Waals surface area contributed by atoms with Crippen LogP contribution in [-0.2, 0) is 19.5 Å². The van der Waals surface area contributed by atoms with Crippen LogP contribution >= 0.6 is 0 Å². The van der Waals surface area contributed by atoms with Crippen LogP contribution in [0.4, 0.5) is 11.4 Å². The van der Waals surface area contributed by atoms with Crippen LogP contribution in [0.2, 0.25) is 0 Å². The summed E-state index contributed by atoms with van der Waals surface area (Å²) in [4.78, 5) is 6.90. The second-order valence-corrected chi connectivity index (χ2v) is 7.71. The zero-order valence-electron chi connectivity index (χ0n) is 17.1. The third-order valence-corrected chi connectivity index (χ3v) is 5.69. The highest BCUT2D eigenvalue weighted by molar-refractivity contribution is 5.83. The minimum atomic E-state index is 0.830. The first-order valence-corrected chi connectivity index (χ1v) is 10.3. The first-order valence-electron chi connectivity index (χ1n) is 10.3. The number of anilines is 1. The third kappa shape index (κ3) is 3.79. The van der Waals surface area contributed by atoms with Gasteiger partial charge in [0.15, 0.2) is 0 Å². The van der Waals surface area contributed by atoms with Gasteiger partial charge in [-0.1, -0.05) is 48.5 Å². The second kappa shape index (κ2) is 8.03. The zero-order valence-corrected chi connectivity index (χ0v) is 17.1. The van der Waals surface area contributed by atoms with E-state index in [1.54, 1.807) is 7.11 Å². The van der Waals surface area contributed by atoms with Gasteiger partial charge in [0.1, 0.15) is 5.75 Å². The van der Waals surface area contributed by atoms with Crippen LogP contribution < -0.4 is 9.64 Å². The standard InChI is InChI=1S/C27H24N2O/c1-30-26-11-7-20(8-12-26)18-29(25-10-13-27-24(17-25)14-15-28-27)19-21-6-9-22-4-2-3-5-23(22)16-21/h2-13,15-17H,14,18-19H2,1H3. The molecule has 1 aliphatic rings. The number of fused-ring (bicyclic) bond motifs is 2. The van der Waals surface area contributed by atoms with E-state index in [4.69, 9.17) is 4.74 Å². The lowest BCUT2D eigenvalue weighted by Gasteiger charge is -2.26. The molecule has 1 aliphatic heterocycles. The molecule has 3 heteroatoms. The smallest absolute Gasteiger partial charge is 0.118 e. The van der Waals surface area contributed by atoms with Crippen LogP contribution in [0, 0.1) is 0 Å². The van der Waals surface area contributed by atoms with Gasteiger partial charge in [-0.05, 0) is 63.9 Å². The topological polar surface area (TPSA) is 24.8 Å². The van der Waals surface area contributed by atoms with Gasteiger partial charge in [0.2, 0.25) is 0 Å². The second-order valence-electron chi connectivity index (χ2n) is 7.71. The quantitative estimate of drug-likeness (QED) is 0.384. The average molecular weight is 393 g/mol. The fourth-order valence-electron chi connectivity index (χ4n) is 4.05. The summed E-state index contributed by atoms with van der Waals surface area (Å²) in [6.07, 6.45) is 2.90. The minimum absolute atomic E-state index is 0.830. The molecule has 0 fully saturated rings. The first-order chi connectivity index (χ1) is 14.8. The van der Waals surface area contributed by atoms with Crippen molar-refractivity contribution in [3.8, 4) is 5.75 Å². The third-order valence-electron chi connectivity index (χ3n) is 5.69. The highest BCUT2D eigenvalue weighted by atomic mass is 16.5. The van der Waals surface area contributed by atoms with Crippen LogP contribution in [0.1, 0.15) is 16.7 Å². The highest BCUT2D eigenvalue weighted by Gasteiger charge is 2.13. The molecule has 0 N–H and O–H groups in total. The highest BCUT2D eigenvalue weighted by Crippen LogP contribution is 2.31. The van der Waals surface area contributed by atoms with Crippen molar-refractivity contribution in [3.63, 3.8) is 0 Å². The monoisotopic (exact) mass is 392 g/mol. The molecule has 5 rings (SSSR count). The van der Waals surface area contributed by atoms with E-state index in [9.17, 15) is 0 Å². The molecule has 0 bridgehead atoms. The molecule has 0 radical (unpaired) electrons. The molecule has 4 aromatic carbocycles. The molecule has 0 atom stereocenters. The Morgan fingerprint density at radius 2 is 1.57 bits per heavy atom. The van der Waals surface area contributed by atoms with Gasteiger partial charge >= 0.3 is 0 Å². The molecule has 0 unspecified atom stereocenters. The zero-order chi connectivity index (χ0) is 20.3. The molecule has 4 aromatic rings. The Balaban J connectivity index is 1.47. The van der Waals surface area contributed by atoms with Gasteiger partial charge in [0.25, 0.3) is 0 Å². The van der Waals surface area contributed by atoms with E-state index in [2.05, 4.69) is 82.7 Å². The van der Waals surface area contributed by atoms with Gasteiger partial charge in [0.05, 0.1) is 12.8 Å². The maximum absolute atomic E-state index is 5.32. The Labute approximate surface area is 177 Å². The van der Waals surface area contributed by atoms with Crippen molar-refractivity contribution in [2.75, 3.05) is 12.0 Å². The molecule has 30 heavy (non-hydrogen) atoms. The Kier molecular flexibility index (Phi) is 4.94. The normalized spacial score (nSPS) is 12.2. The molecule has 3 nitrogen and oxygen atoms in total. The van der Waals surface area contributed by atoms with Crippen molar-refractivity contribution in [1.82, 2.24) is 0 Å². The summed E-state index contributed by atoms with van der Waals surface area (Å²) >= 11 is 0. The summed E-state index contributed by atoms with van der Waals surface area (Å²) in [5.74, 6) is 0.884. The number of benzene rings is 4. The number of hydrogen-bond donors (Lipinski definition) is 0. The maximum Gasteiger partial charge on any atom is 0.118 e. The molecule has 1 heterocycles. The van der Waals surface area contributed by atoms with Crippen molar-refractivity contribution in [3.05, 3.63) is 102 Å². The van der Waals surface area contributed by atoms with Crippen LogP contribution in [0.3, 0.4) is 0 Å². The van der Waals surface area contributed by atoms with Gasteiger partial charge < -0.3 is 9.64 Å². The largest absolute Gasteiger partial charge is 0.497 e. The van der Waals surface area contributed by atoms with E-state index in [-0.39, 0.29) is 0 Å². The lowest BCUT2D eigenvalue weighted by molar-refractivity contribution is 0.414. The number of rotatable bonds is 6. The van der Waals surface area contributed by atoms with Gasteiger partial charge in [-0.15, -0.1) is 0 Å². The van der Waals surface area contributed by atoms with Crippen molar-refractivity contribution < 1.29 is 4.74 Å². The Bertz CT molecular complexity index is 1210. The van der Waals surface area contributed by atoms with Crippen molar-refractivity contribution in [2.24, 2.45) is 4.99 Å². The minimum Gasteiger partial charge on any atom is -0.497 e. The van der Waals surface area contributed by atoms with Crippen LogP contribution in [0.25, 0.3) is 10.8 Å². The summed E-state index contributed by atoms with van der Waals surface area (Å²) in [5, 5.41) is 2.55. The van der Waals surface area contributed by atoms with E-state index < -0.39 is 0 Å². The number of ether oxygens (including phenoxy) is 1. The number of aliphatic imine (C=N–C) groups is 1. The van der Waals surface area contributed by atoms with Crippen molar-refractivity contribution in [2.45, 2.75) is 19.5 Å². The van der Waals surface area contributed by atoms with Crippen LogP contribution in [0.5, 0.6) is 5.75 Å². The predicted molar refractivity (Wildman–Crippen MR) is 125 cm³/mol. The fourth-order valence-corrected chi connectivity index (χ4v) is 4.05. The molecule has 0 aliphatic carbocycles. The average Bonchev–Trinajstić information content (AvgIpc) is 3.27. The molecule has 0 saturated heterocycles. The summed E-state index contributed by atoms with van der Waals surface area (Å²) in [5.41, 5.74) is 6.18. The summed E-state index contributed by atoms with van der Waals surface area (Å²) in [6, 6.07) is 30.2. The van der Waals surface area contributed by atoms with Gasteiger partial charge in [-0.25, -0.2) is 0 Å². The Morgan fingerprint density at radius 3 is 2.40 bits per heavy atom. The van der Waals surface area contributed by atoms with Gasteiger partial charge in [-0.2, -0.15) is 0 Å². The number of methoxy groups -OCH3 is 1. The van der Waals surface area contributed by atoms with E-state index in [1.165, 1.54) is 33.2 Å². The maximum atomic E-state index is 5.32. The van der Waals surface area contributed by atoms with Crippen LogP contribution in [-0.4, -0.2) is 13.3 Å². The van der Waals surface area contributed by atoms with E-state index in [0.717, 1.165) is 30.9 Å². The summed E-state index contributed by atoms with van der Waals surface area (Å²) in [6.45, 7) is 1.67. The summed E-state index contributed by atoms with van der Waals surface area (Å²) < 4.78 is 5.32. The Morgan fingerprint density at radius 1 is 0.800 bits per heavy atom. The van der Waals surface area contributed by atoms with Gasteiger partial charge in [0, 0.05) is 31.4 Å². The molecule has 0 aromatic heterocycles. The SMILES string of the molecule is COc1ccc(CN(Cc2ccc3ccccc3c2)c2ccc3c(c2)CC=N3)cc1.